The zero-order valence-electron chi connectivity index (χ0n) is 14.0. The molecule has 120 valence electrons. The molecule has 2 N–H and O–H groups in total. The summed E-state index contributed by atoms with van der Waals surface area (Å²) < 4.78 is 5.26. The number of nitrogens with two attached hydrogens (primary N) is 1. The maximum Gasteiger partial charge on any atom is 0.186 e. The lowest BCUT2D eigenvalue weighted by Crippen LogP contribution is -2.35. The van der Waals surface area contributed by atoms with Crippen molar-refractivity contribution >= 4 is 16.5 Å². The van der Waals surface area contributed by atoms with E-state index in [0.717, 1.165) is 37.5 Å². The van der Waals surface area contributed by atoms with Crippen molar-refractivity contribution in [3.8, 4) is 0 Å². The summed E-state index contributed by atoms with van der Waals surface area (Å²) in [5.41, 5.74) is 7.84. The topological polar surface area (TPSA) is 51.4 Å². The Morgan fingerprint density at radius 2 is 2.24 bits per heavy atom. The Hall–Kier alpha value is -0.650. The number of hydrogen-bond acceptors (Lipinski definition) is 5. The van der Waals surface area contributed by atoms with Crippen molar-refractivity contribution in [2.45, 2.75) is 59.0 Å². The standard InChI is InChI=1S/C16H29N3OS/c1-6-11(2)19(7-8-20-5)15-18-13-10-16(3,4)9-12(17)14(13)21-15/h11-12H,6-10,17H2,1-5H3. The molecule has 0 radical (unpaired) electrons. The van der Waals surface area contributed by atoms with Crippen LogP contribution in [0, 0.1) is 5.41 Å². The first-order valence-electron chi connectivity index (χ1n) is 7.88. The van der Waals surface area contributed by atoms with Crippen LogP contribution in [-0.2, 0) is 11.2 Å². The average Bonchev–Trinajstić information content (AvgIpc) is 2.81. The fraction of sp³-hybridized carbons (Fsp3) is 0.812. The van der Waals surface area contributed by atoms with Gasteiger partial charge in [-0.05, 0) is 31.6 Å². The minimum absolute atomic E-state index is 0.135. The highest BCUT2D eigenvalue weighted by Gasteiger charge is 2.34. The van der Waals surface area contributed by atoms with Gasteiger partial charge in [-0.1, -0.05) is 32.1 Å². The van der Waals surface area contributed by atoms with Crippen LogP contribution in [0.1, 0.15) is 57.1 Å². The Morgan fingerprint density at radius 3 is 2.86 bits per heavy atom. The van der Waals surface area contributed by atoms with Gasteiger partial charge in [-0.2, -0.15) is 0 Å². The van der Waals surface area contributed by atoms with Crippen LogP contribution >= 0.6 is 11.3 Å². The van der Waals surface area contributed by atoms with Crippen molar-refractivity contribution in [1.82, 2.24) is 4.98 Å². The molecule has 1 aromatic rings. The molecule has 0 saturated heterocycles. The van der Waals surface area contributed by atoms with E-state index in [0.29, 0.717) is 6.04 Å². The van der Waals surface area contributed by atoms with E-state index in [-0.39, 0.29) is 11.5 Å². The summed E-state index contributed by atoms with van der Waals surface area (Å²) in [5.74, 6) is 0. The van der Waals surface area contributed by atoms with Crippen molar-refractivity contribution in [2.75, 3.05) is 25.2 Å². The summed E-state index contributed by atoms with van der Waals surface area (Å²) in [4.78, 5) is 8.58. The van der Waals surface area contributed by atoms with Gasteiger partial charge in [0.2, 0.25) is 0 Å². The largest absolute Gasteiger partial charge is 0.383 e. The van der Waals surface area contributed by atoms with Gasteiger partial charge in [-0.15, -0.1) is 0 Å². The lowest BCUT2D eigenvalue weighted by atomic mass is 9.77. The number of aromatic nitrogens is 1. The predicted octanol–water partition coefficient (Wildman–Crippen LogP) is 3.37. The molecule has 0 amide bonds. The molecule has 0 aromatic carbocycles. The Kier molecular flexibility index (Phi) is 5.28. The van der Waals surface area contributed by atoms with E-state index in [4.69, 9.17) is 15.5 Å². The van der Waals surface area contributed by atoms with Crippen molar-refractivity contribution in [3.63, 3.8) is 0 Å². The third-order valence-electron chi connectivity index (χ3n) is 4.38. The maximum atomic E-state index is 6.37. The predicted molar refractivity (Wildman–Crippen MR) is 90.1 cm³/mol. The summed E-state index contributed by atoms with van der Waals surface area (Å²) in [6.45, 7) is 10.6. The molecule has 2 unspecified atom stereocenters. The summed E-state index contributed by atoms with van der Waals surface area (Å²) in [7, 11) is 1.75. The number of ether oxygens (including phenoxy) is 1. The van der Waals surface area contributed by atoms with Crippen LogP contribution in [0.3, 0.4) is 0 Å². The Bertz CT molecular complexity index is 472. The lowest BCUT2D eigenvalue weighted by Gasteiger charge is -2.32. The number of anilines is 1. The first kappa shape index (κ1) is 16.7. The molecule has 0 fully saturated rings. The lowest BCUT2D eigenvalue weighted by molar-refractivity contribution is 0.203. The molecular weight excluding hydrogens is 282 g/mol. The Labute approximate surface area is 132 Å². The molecular formula is C16H29N3OS. The van der Waals surface area contributed by atoms with E-state index in [1.165, 1.54) is 10.6 Å². The molecule has 1 aliphatic rings. The first-order chi connectivity index (χ1) is 9.88. The maximum absolute atomic E-state index is 6.37. The molecule has 0 spiro atoms. The van der Waals surface area contributed by atoms with Gasteiger partial charge in [0.25, 0.3) is 0 Å². The van der Waals surface area contributed by atoms with Gasteiger partial charge in [-0.25, -0.2) is 4.98 Å². The molecule has 0 bridgehead atoms. The SMILES string of the molecule is CCC(C)N(CCOC)c1nc2c(s1)C(N)CC(C)(C)C2. The van der Waals surface area contributed by atoms with E-state index >= 15 is 0 Å². The number of rotatable bonds is 6. The number of thiazole rings is 1. The molecule has 1 heterocycles. The van der Waals surface area contributed by atoms with Gasteiger partial charge in [0.15, 0.2) is 5.13 Å². The molecule has 0 saturated carbocycles. The number of hydrogen-bond donors (Lipinski definition) is 1. The Morgan fingerprint density at radius 1 is 1.52 bits per heavy atom. The molecule has 0 aliphatic heterocycles. The molecule has 2 atom stereocenters. The van der Waals surface area contributed by atoms with Crippen molar-refractivity contribution in [2.24, 2.45) is 11.1 Å². The molecule has 5 heteroatoms. The first-order valence-corrected chi connectivity index (χ1v) is 8.70. The van der Waals surface area contributed by atoms with Gasteiger partial charge in [0, 0.05) is 30.6 Å². The number of methoxy groups -OCH3 is 1. The second-order valence-electron chi connectivity index (χ2n) is 6.90. The van der Waals surface area contributed by atoms with Crippen molar-refractivity contribution < 1.29 is 4.74 Å². The minimum Gasteiger partial charge on any atom is -0.383 e. The zero-order chi connectivity index (χ0) is 15.6. The third kappa shape index (κ3) is 3.76. The molecule has 4 nitrogen and oxygen atoms in total. The highest BCUT2D eigenvalue weighted by Crippen LogP contribution is 2.43. The quantitative estimate of drug-likeness (QED) is 0.875. The minimum atomic E-state index is 0.135. The highest BCUT2D eigenvalue weighted by atomic mass is 32.1. The second-order valence-corrected chi connectivity index (χ2v) is 7.91. The van der Waals surface area contributed by atoms with Crippen LogP contribution in [0.25, 0.3) is 0 Å². The number of fused-ring (bicyclic) bond motifs is 1. The van der Waals surface area contributed by atoms with Crippen LogP contribution in [0.5, 0.6) is 0 Å². The highest BCUT2D eigenvalue weighted by molar-refractivity contribution is 7.15. The van der Waals surface area contributed by atoms with E-state index in [1.807, 2.05) is 0 Å². The molecule has 2 rings (SSSR count). The van der Waals surface area contributed by atoms with Crippen molar-refractivity contribution in [1.29, 1.82) is 0 Å². The summed E-state index contributed by atoms with van der Waals surface area (Å²) in [6, 6.07) is 0.605. The van der Waals surface area contributed by atoms with E-state index in [1.54, 1.807) is 18.4 Å². The van der Waals surface area contributed by atoms with Gasteiger partial charge >= 0.3 is 0 Å². The zero-order valence-corrected chi connectivity index (χ0v) is 14.8. The van der Waals surface area contributed by atoms with Gasteiger partial charge < -0.3 is 15.4 Å². The Balaban J connectivity index is 2.27. The smallest absolute Gasteiger partial charge is 0.186 e. The summed E-state index contributed by atoms with van der Waals surface area (Å²) >= 11 is 1.78. The normalized spacial score (nSPS) is 21.9. The van der Waals surface area contributed by atoms with Gasteiger partial charge in [-0.3, -0.25) is 0 Å². The molecule has 1 aliphatic carbocycles. The van der Waals surface area contributed by atoms with Crippen LogP contribution in [0.2, 0.25) is 0 Å². The monoisotopic (exact) mass is 311 g/mol. The number of nitrogens with zero attached hydrogens (tertiary/aromatic N) is 2. The molecule has 21 heavy (non-hydrogen) atoms. The van der Waals surface area contributed by atoms with Crippen LogP contribution in [-0.4, -0.2) is 31.3 Å². The van der Waals surface area contributed by atoms with Crippen molar-refractivity contribution in [3.05, 3.63) is 10.6 Å². The fourth-order valence-corrected chi connectivity index (χ4v) is 4.23. The van der Waals surface area contributed by atoms with Crippen LogP contribution in [0.4, 0.5) is 5.13 Å². The second kappa shape index (κ2) is 6.63. The van der Waals surface area contributed by atoms with E-state index in [2.05, 4.69) is 32.6 Å². The van der Waals surface area contributed by atoms with E-state index in [9.17, 15) is 0 Å². The molecule has 1 aromatic heterocycles. The van der Waals surface area contributed by atoms with Gasteiger partial charge in [0.05, 0.1) is 12.3 Å². The average molecular weight is 311 g/mol. The van der Waals surface area contributed by atoms with Gasteiger partial charge in [0.1, 0.15) is 0 Å². The summed E-state index contributed by atoms with van der Waals surface area (Å²) in [5, 5.41) is 1.11. The third-order valence-corrected chi connectivity index (χ3v) is 5.64. The van der Waals surface area contributed by atoms with E-state index < -0.39 is 0 Å². The van der Waals surface area contributed by atoms with Crippen LogP contribution < -0.4 is 10.6 Å². The summed E-state index contributed by atoms with van der Waals surface area (Å²) in [6.07, 6.45) is 3.18. The fourth-order valence-electron chi connectivity index (χ4n) is 3.02. The van der Waals surface area contributed by atoms with Crippen LogP contribution in [0.15, 0.2) is 0 Å².